The van der Waals surface area contributed by atoms with Crippen molar-refractivity contribution >= 4 is 30.2 Å². The van der Waals surface area contributed by atoms with Gasteiger partial charge >= 0.3 is 0 Å². The number of nitrogens with zero attached hydrogens (tertiary/aromatic N) is 3. The van der Waals surface area contributed by atoms with E-state index in [-0.39, 0.29) is 12.3 Å². The molecule has 170 valence electrons. The second-order valence-corrected chi connectivity index (χ2v) is 8.01. The predicted octanol–water partition coefficient (Wildman–Crippen LogP) is 2.47. The number of morpholine rings is 1. The first-order valence-electron chi connectivity index (χ1n) is 11.1. The molecule has 2 N–H and O–H groups in total. The molecule has 7 heteroatoms. The maximum Gasteiger partial charge on any atom is 0.230 e. The molecule has 1 aliphatic heterocycles. The smallest absolute Gasteiger partial charge is 0.230 e. The molecule has 3 heterocycles. The number of benzene rings is 1. The molecule has 7 nitrogen and oxygen atoms in total. The third-order valence-electron chi connectivity index (χ3n) is 5.50. The maximum atomic E-state index is 12.4. The first-order valence-corrected chi connectivity index (χ1v) is 11.1. The van der Waals surface area contributed by atoms with Gasteiger partial charge < -0.3 is 19.9 Å². The summed E-state index contributed by atoms with van der Waals surface area (Å²) >= 11 is 0. The number of aryl methyl sites for hydroxylation is 1. The van der Waals surface area contributed by atoms with Gasteiger partial charge in [0.1, 0.15) is 5.82 Å². The van der Waals surface area contributed by atoms with Crippen LogP contribution in [0.25, 0.3) is 23.7 Å². The molecular weight excluding hydrogens is 414 g/mol. The van der Waals surface area contributed by atoms with Gasteiger partial charge in [-0.25, -0.2) is 4.99 Å². The van der Waals surface area contributed by atoms with Crippen LogP contribution in [0.5, 0.6) is 0 Å². The van der Waals surface area contributed by atoms with E-state index in [1.165, 1.54) is 0 Å². The number of hydrogen-bond acceptors (Lipinski definition) is 5. The third kappa shape index (κ3) is 5.56. The van der Waals surface area contributed by atoms with Crippen LogP contribution in [0.1, 0.15) is 18.2 Å². The summed E-state index contributed by atoms with van der Waals surface area (Å²) in [5.41, 5.74) is 4.55. The zero-order chi connectivity index (χ0) is 23.2. The number of rotatable bonds is 6. The number of aliphatic imine (C=N–C) groups is 1. The van der Waals surface area contributed by atoms with E-state index >= 15 is 0 Å². The lowest BCUT2D eigenvalue weighted by molar-refractivity contribution is -0.115. The van der Waals surface area contributed by atoms with Crippen LogP contribution in [0.15, 0.2) is 53.7 Å². The number of aromatic nitrogens is 2. The van der Waals surface area contributed by atoms with E-state index < -0.39 is 0 Å². The van der Waals surface area contributed by atoms with E-state index in [4.69, 9.17) is 4.74 Å². The van der Waals surface area contributed by atoms with Crippen LogP contribution in [0.3, 0.4) is 0 Å². The summed E-state index contributed by atoms with van der Waals surface area (Å²) in [6.07, 6.45) is 3.77. The van der Waals surface area contributed by atoms with Gasteiger partial charge in [-0.1, -0.05) is 18.7 Å². The van der Waals surface area contributed by atoms with Gasteiger partial charge in [0.25, 0.3) is 0 Å². The molecule has 0 unspecified atom stereocenters. The van der Waals surface area contributed by atoms with Crippen molar-refractivity contribution in [2.45, 2.75) is 20.3 Å². The van der Waals surface area contributed by atoms with Crippen LogP contribution < -0.4 is 15.9 Å². The SMILES string of the molecule is C=c1[nH]c(-c2ccc(NC(=O)Cc3cc(C)ccn3)cc2)c/c1=C(/N=C\C)N1CCOCC1. The van der Waals surface area contributed by atoms with Crippen molar-refractivity contribution in [2.75, 3.05) is 31.6 Å². The van der Waals surface area contributed by atoms with Crippen LogP contribution in [0.4, 0.5) is 5.69 Å². The quantitative estimate of drug-likeness (QED) is 0.574. The lowest BCUT2D eigenvalue weighted by atomic mass is 10.1. The Morgan fingerprint density at radius 1 is 1.24 bits per heavy atom. The number of carbonyl (C=O) groups is 1. The minimum Gasteiger partial charge on any atom is -0.378 e. The van der Waals surface area contributed by atoms with Crippen molar-refractivity contribution in [1.82, 2.24) is 14.9 Å². The molecule has 3 aromatic rings. The van der Waals surface area contributed by atoms with Gasteiger partial charge in [0.05, 0.1) is 19.6 Å². The lowest BCUT2D eigenvalue weighted by Gasteiger charge is -2.28. The van der Waals surface area contributed by atoms with E-state index in [2.05, 4.69) is 37.8 Å². The normalized spacial score (nSPS) is 15.0. The highest BCUT2D eigenvalue weighted by atomic mass is 16.5. The average molecular weight is 444 g/mol. The zero-order valence-corrected chi connectivity index (χ0v) is 19.1. The number of aromatic amines is 1. The number of amides is 1. The highest BCUT2D eigenvalue weighted by Crippen LogP contribution is 2.19. The molecular formula is C26H29N5O2. The number of hydrogen-bond donors (Lipinski definition) is 2. The van der Waals surface area contributed by atoms with Crippen LogP contribution in [0, 0.1) is 6.92 Å². The van der Waals surface area contributed by atoms with Gasteiger partial charge in [-0.3, -0.25) is 9.78 Å². The number of nitrogens with one attached hydrogen (secondary N) is 2. The summed E-state index contributed by atoms with van der Waals surface area (Å²) in [5.74, 6) is 0.812. The average Bonchev–Trinajstić information content (AvgIpc) is 3.19. The molecule has 0 spiro atoms. The highest BCUT2D eigenvalue weighted by molar-refractivity contribution is 5.92. The van der Waals surface area contributed by atoms with Crippen molar-refractivity contribution < 1.29 is 9.53 Å². The van der Waals surface area contributed by atoms with Gasteiger partial charge in [0, 0.05) is 53.1 Å². The topological polar surface area (TPSA) is 82.6 Å². The Morgan fingerprint density at radius 2 is 2.00 bits per heavy atom. The number of H-pyrrole nitrogens is 1. The first-order chi connectivity index (χ1) is 16.0. The summed E-state index contributed by atoms with van der Waals surface area (Å²) in [6, 6.07) is 13.7. The second-order valence-electron chi connectivity index (χ2n) is 8.01. The molecule has 1 fully saturated rings. The molecule has 4 rings (SSSR count). The molecule has 1 aromatic carbocycles. The second kappa shape index (κ2) is 10.3. The maximum absolute atomic E-state index is 12.4. The van der Waals surface area contributed by atoms with Crippen LogP contribution in [0.2, 0.25) is 0 Å². The van der Waals surface area contributed by atoms with Gasteiger partial charge in [-0.05, 0) is 55.3 Å². The number of carbonyl (C=O) groups excluding carboxylic acids is 1. The Balaban J connectivity index is 1.52. The molecule has 1 amide bonds. The van der Waals surface area contributed by atoms with E-state index in [0.29, 0.717) is 13.2 Å². The number of ether oxygens (including phenoxy) is 1. The largest absolute Gasteiger partial charge is 0.378 e. The molecule has 33 heavy (non-hydrogen) atoms. The Hall–Kier alpha value is -3.71. The van der Waals surface area contributed by atoms with Crippen molar-refractivity contribution in [1.29, 1.82) is 0 Å². The molecule has 2 aromatic heterocycles. The van der Waals surface area contributed by atoms with E-state index in [1.807, 2.05) is 50.2 Å². The van der Waals surface area contributed by atoms with E-state index in [0.717, 1.165) is 57.7 Å². The van der Waals surface area contributed by atoms with Gasteiger partial charge in [-0.15, -0.1) is 0 Å². The molecule has 0 aliphatic carbocycles. The standard InChI is InChI=1S/C26H29N5O2/c1-4-27-26(31-11-13-33-14-12-31)23-17-24(29-19(23)3)20-5-7-21(8-6-20)30-25(32)16-22-15-18(2)9-10-28-22/h4-10,15,17,29H,3,11-14,16H2,1-2H3,(H,30,32)/b26-23+,27-4-. The Bertz CT molecular complexity index is 1250. The predicted molar refractivity (Wildman–Crippen MR) is 132 cm³/mol. The highest BCUT2D eigenvalue weighted by Gasteiger charge is 2.15. The Labute approximate surface area is 193 Å². The van der Waals surface area contributed by atoms with Crippen LogP contribution in [-0.2, 0) is 16.0 Å². The third-order valence-corrected chi connectivity index (χ3v) is 5.50. The van der Waals surface area contributed by atoms with Gasteiger partial charge in [0.2, 0.25) is 5.91 Å². The van der Waals surface area contributed by atoms with Crippen molar-refractivity contribution in [3.8, 4) is 11.3 Å². The molecule has 0 saturated carbocycles. The summed E-state index contributed by atoms with van der Waals surface area (Å²) in [6.45, 7) is 11.1. The Kier molecular flexibility index (Phi) is 7.00. The molecule has 0 atom stereocenters. The summed E-state index contributed by atoms with van der Waals surface area (Å²) in [7, 11) is 0. The summed E-state index contributed by atoms with van der Waals surface area (Å²) in [5, 5.41) is 4.74. The van der Waals surface area contributed by atoms with Crippen LogP contribution >= 0.6 is 0 Å². The molecule has 1 saturated heterocycles. The van der Waals surface area contributed by atoms with Crippen molar-refractivity contribution in [2.24, 2.45) is 4.99 Å². The fourth-order valence-corrected chi connectivity index (χ4v) is 3.87. The van der Waals surface area contributed by atoms with Crippen molar-refractivity contribution in [3.05, 3.63) is 70.5 Å². The van der Waals surface area contributed by atoms with Gasteiger partial charge in [-0.2, -0.15) is 0 Å². The van der Waals surface area contributed by atoms with E-state index in [9.17, 15) is 4.79 Å². The Morgan fingerprint density at radius 3 is 2.70 bits per heavy atom. The van der Waals surface area contributed by atoms with Crippen molar-refractivity contribution in [3.63, 3.8) is 0 Å². The zero-order valence-electron chi connectivity index (χ0n) is 19.1. The number of pyridine rings is 1. The molecule has 1 aliphatic rings. The fourth-order valence-electron chi connectivity index (χ4n) is 3.87. The summed E-state index contributed by atoms with van der Waals surface area (Å²) < 4.78 is 5.48. The minimum absolute atomic E-state index is 0.0924. The fraction of sp³-hybridized carbons (Fsp3) is 0.269. The van der Waals surface area contributed by atoms with Gasteiger partial charge in [0.15, 0.2) is 0 Å². The number of anilines is 1. The first kappa shape index (κ1) is 22.5. The van der Waals surface area contributed by atoms with E-state index in [1.54, 1.807) is 12.4 Å². The lowest BCUT2D eigenvalue weighted by Crippen LogP contribution is -2.39. The van der Waals surface area contributed by atoms with Crippen LogP contribution in [-0.4, -0.2) is 53.3 Å². The molecule has 0 radical (unpaired) electrons. The molecule has 0 bridgehead atoms. The summed E-state index contributed by atoms with van der Waals surface area (Å²) in [4.78, 5) is 26.9. The minimum atomic E-state index is -0.0924. The monoisotopic (exact) mass is 443 g/mol.